The molecule has 1 aromatic heterocycles. The van der Waals surface area contributed by atoms with E-state index in [0.717, 1.165) is 42.1 Å². The van der Waals surface area contributed by atoms with Gasteiger partial charge in [0.05, 0.1) is 19.8 Å². The Morgan fingerprint density at radius 2 is 1.80 bits per heavy atom. The third-order valence-corrected chi connectivity index (χ3v) is 6.27. The molecule has 35 heavy (non-hydrogen) atoms. The number of hydrogen-bond donors (Lipinski definition) is 1. The number of hydrogen-bond acceptors (Lipinski definition) is 7. The Balaban J connectivity index is 1.51. The second-order valence-electron chi connectivity index (χ2n) is 8.69. The summed E-state index contributed by atoms with van der Waals surface area (Å²) in [5.41, 5.74) is 2.57. The molecule has 186 valence electrons. The van der Waals surface area contributed by atoms with E-state index >= 15 is 0 Å². The summed E-state index contributed by atoms with van der Waals surface area (Å²) < 4.78 is 11.6. The van der Waals surface area contributed by atoms with E-state index in [1.54, 1.807) is 0 Å². The molecule has 1 saturated heterocycles. The van der Waals surface area contributed by atoms with Crippen LogP contribution in [0.25, 0.3) is 11.4 Å². The van der Waals surface area contributed by atoms with Gasteiger partial charge in [0.2, 0.25) is 5.82 Å². The van der Waals surface area contributed by atoms with Crippen molar-refractivity contribution in [1.82, 2.24) is 30.4 Å². The van der Waals surface area contributed by atoms with Crippen molar-refractivity contribution in [3.63, 3.8) is 0 Å². The number of benzene rings is 2. The van der Waals surface area contributed by atoms with Crippen LogP contribution in [0.1, 0.15) is 49.0 Å². The maximum atomic E-state index is 13.2. The summed E-state index contributed by atoms with van der Waals surface area (Å²) in [5.74, 6) is 2.10. The molecular formula is C26H34N6O3. The second kappa shape index (κ2) is 11.3. The van der Waals surface area contributed by atoms with Crippen LogP contribution in [-0.4, -0.2) is 70.4 Å². The molecule has 2 atom stereocenters. The topological polar surface area (TPSA) is 94.4 Å². The van der Waals surface area contributed by atoms with Crippen LogP contribution in [0.3, 0.4) is 0 Å². The SMILES string of the molecule is CCOc1ccc([C@H]2CN(C)CC[C@H]2NC(=O)c2ccc(-c3nnn(CC)n3)cc2)cc1OCC. The molecule has 1 fully saturated rings. The van der Waals surface area contributed by atoms with E-state index in [4.69, 9.17) is 9.47 Å². The number of nitrogens with one attached hydrogen (secondary N) is 1. The highest BCUT2D eigenvalue weighted by Gasteiger charge is 2.31. The number of likely N-dealkylation sites (tertiary alicyclic amines) is 1. The zero-order valence-electron chi connectivity index (χ0n) is 20.9. The van der Waals surface area contributed by atoms with E-state index in [1.165, 1.54) is 4.80 Å². The Bertz CT molecular complexity index is 1130. The van der Waals surface area contributed by atoms with Crippen molar-refractivity contribution < 1.29 is 14.3 Å². The lowest BCUT2D eigenvalue weighted by molar-refractivity contribution is 0.0904. The number of ether oxygens (including phenoxy) is 2. The van der Waals surface area contributed by atoms with E-state index < -0.39 is 0 Å². The van der Waals surface area contributed by atoms with Gasteiger partial charge in [0.15, 0.2) is 11.5 Å². The molecule has 9 nitrogen and oxygen atoms in total. The van der Waals surface area contributed by atoms with Gasteiger partial charge in [-0.1, -0.05) is 18.2 Å². The predicted octanol–water partition coefficient (Wildman–Crippen LogP) is 3.38. The minimum atomic E-state index is -0.0859. The number of aromatic nitrogens is 4. The Morgan fingerprint density at radius 1 is 1.06 bits per heavy atom. The number of nitrogens with zero attached hydrogens (tertiary/aromatic N) is 5. The Labute approximate surface area is 206 Å². The molecule has 1 aliphatic rings. The summed E-state index contributed by atoms with van der Waals surface area (Å²) in [5, 5.41) is 15.7. The Kier molecular flexibility index (Phi) is 7.97. The van der Waals surface area contributed by atoms with E-state index in [1.807, 2.05) is 51.1 Å². The van der Waals surface area contributed by atoms with Crippen molar-refractivity contribution in [3.05, 3.63) is 53.6 Å². The average Bonchev–Trinajstić information content (AvgIpc) is 3.36. The zero-order chi connectivity index (χ0) is 24.8. The lowest BCUT2D eigenvalue weighted by Crippen LogP contribution is -2.48. The first-order valence-electron chi connectivity index (χ1n) is 12.3. The summed E-state index contributed by atoms with van der Waals surface area (Å²) in [6.07, 6.45) is 0.867. The average molecular weight is 479 g/mol. The van der Waals surface area contributed by atoms with Crippen LogP contribution in [0, 0.1) is 0 Å². The lowest BCUT2D eigenvalue weighted by atomic mass is 9.85. The van der Waals surface area contributed by atoms with E-state index in [9.17, 15) is 4.79 Å². The summed E-state index contributed by atoms with van der Waals surface area (Å²) in [6.45, 7) is 9.46. The molecule has 0 radical (unpaired) electrons. The van der Waals surface area contributed by atoms with E-state index in [-0.39, 0.29) is 17.9 Å². The van der Waals surface area contributed by atoms with Crippen molar-refractivity contribution in [3.8, 4) is 22.9 Å². The number of piperidine rings is 1. The number of likely N-dealkylation sites (N-methyl/N-ethyl adjacent to an activating group) is 1. The van der Waals surface area contributed by atoms with Crippen LogP contribution in [-0.2, 0) is 6.54 Å². The molecule has 1 aliphatic heterocycles. The number of carbonyl (C=O) groups excluding carboxylic acids is 1. The lowest BCUT2D eigenvalue weighted by Gasteiger charge is -2.37. The minimum absolute atomic E-state index is 0.0110. The van der Waals surface area contributed by atoms with Gasteiger partial charge in [-0.05, 0) is 75.8 Å². The standard InChI is InChI=1S/C26H34N6O3/c1-5-32-29-25(28-30-32)18-8-10-19(11-9-18)26(33)27-22-14-15-31(4)17-21(22)20-12-13-23(34-6-2)24(16-20)35-7-3/h8-13,16,21-22H,5-7,14-15,17H2,1-4H3,(H,27,33)/t21-,22-/m1/s1. The van der Waals surface area contributed by atoms with Crippen molar-refractivity contribution in [2.45, 2.75) is 45.7 Å². The summed E-state index contributed by atoms with van der Waals surface area (Å²) >= 11 is 0. The number of carbonyl (C=O) groups is 1. The van der Waals surface area contributed by atoms with Gasteiger partial charge >= 0.3 is 0 Å². The first-order chi connectivity index (χ1) is 17.0. The summed E-state index contributed by atoms with van der Waals surface area (Å²) in [4.78, 5) is 17.0. The van der Waals surface area contributed by atoms with Crippen LogP contribution in [0.5, 0.6) is 11.5 Å². The highest BCUT2D eigenvalue weighted by atomic mass is 16.5. The highest BCUT2D eigenvalue weighted by Crippen LogP contribution is 2.35. The fraction of sp³-hybridized carbons (Fsp3) is 0.462. The van der Waals surface area contributed by atoms with Crippen molar-refractivity contribution in [2.75, 3.05) is 33.4 Å². The molecule has 0 saturated carbocycles. The smallest absolute Gasteiger partial charge is 0.251 e. The van der Waals surface area contributed by atoms with Crippen molar-refractivity contribution in [2.24, 2.45) is 0 Å². The molecule has 0 unspecified atom stereocenters. The van der Waals surface area contributed by atoms with Crippen molar-refractivity contribution >= 4 is 5.91 Å². The molecule has 9 heteroatoms. The first-order valence-corrected chi connectivity index (χ1v) is 12.3. The Morgan fingerprint density at radius 3 is 2.49 bits per heavy atom. The molecule has 1 amide bonds. The number of aryl methyl sites for hydroxylation is 1. The minimum Gasteiger partial charge on any atom is -0.490 e. The van der Waals surface area contributed by atoms with E-state index in [0.29, 0.717) is 31.1 Å². The first kappa shape index (κ1) is 24.7. The third-order valence-electron chi connectivity index (χ3n) is 6.27. The quantitative estimate of drug-likeness (QED) is 0.504. The van der Waals surface area contributed by atoms with Gasteiger partial charge in [-0.25, -0.2) is 0 Å². The molecule has 2 aromatic carbocycles. The van der Waals surface area contributed by atoms with Gasteiger partial charge < -0.3 is 19.7 Å². The monoisotopic (exact) mass is 478 g/mol. The highest BCUT2D eigenvalue weighted by molar-refractivity contribution is 5.94. The van der Waals surface area contributed by atoms with E-state index in [2.05, 4.69) is 44.8 Å². The Hall–Kier alpha value is -3.46. The fourth-order valence-corrected chi connectivity index (χ4v) is 4.44. The van der Waals surface area contributed by atoms with Crippen LogP contribution >= 0.6 is 0 Å². The molecular weight excluding hydrogens is 444 g/mol. The molecule has 2 heterocycles. The fourth-order valence-electron chi connectivity index (χ4n) is 4.44. The van der Waals surface area contributed by atoms with Crippen LogP contribution < -0.4 is 14.8 Å². The van der Waals surface area contributed by atoms with Gasteiger partial charge in [-0.3, -0.25) is 4.79 Å². The van der Waals surface area contributed by atoms with Crippen molar-refractivity contribution in [1.29, 1.82) is 0 Å². The number of tetrazole rings is 1. The number of rotatable bonds is 9. The van der Waals surface area contributed by atoms with Gasteiger partial charge in [0, 0.05) is 29.6 Å². The molecule has 4 rings (SSSR count). The normalized spacial score (nSPS) is 18.3. The third kappa shape index (κ3) is 5.79. The zero-order valence-corrected chi connectivity index (χ0v) is 20.9. The van der Waals surface area contributed by atoms with Crippen LogP contribution in [0.15, 0.2) is 42.5 Å². The largest absolute Gasteiger partial charge is 0.490 e. The molecule has 0 bridgehead atoms. The number of amides is 1. The van der Waals surface area contributed by atoms with Gasteiger partial charge in [-0.2, -0.15) is 4.80 Å². The molecule has 1 N–H and O–H groups in total. The molecule has 0 spiro atoms. The molecule has 3 aromatic rings. The van der Waals surface area contributed by atoms with Gasteiger partial charge in [0.25, 0.3) is 5.91 Å². The van der Waals surface area contributed by atoms with Gasteiger partial charge in [0.1, 0.15) is 0 Å². The maximum Gasteiger partial charge on any atom is 0.251 e. The maximum absolute atomic E-state index is 13.2. The predicted molar refractivity (Wildman–Crippen MR) is 134 cm³/mol. The summed E-state index contributed by atoms with van der Waals surface area (Å²) in [7, 11) is 2.12. The van der Waals surface area contributed by atoms with Crippen LogP contribution in [0.4, 0.5) is 0 Å². The summed E-state index contributed by atoms with van der Waals surface area (Å²) in [6, 6.07) is 13.5. The van der Waals surface area contributed by atoms with Gasteiger partial charge in [-0.15, -0.1) is 10.2 Å². The second-order valence-corrected chi connectivity index (χ2v) is 8.69. The molecule has 0 aliphatic carbocycles. The van der Waals surface area contributed by atoms with Crippen LogP contribution in [0.2, 0.25) is 0 Å².